The third kappa shape index (κ3) is 11.7. The summed E-state index contributed by atoms with van der Waals surface area (Å²) < 4.78 is 11.6. The summed E-state index contributed by atoms with van der Waals surface area (Å²) in [7, 11) is 0. The standard InChI is InChI=1S/C35H51N3O7/c1-3-5-7-8-9-10-11-15-19-31(39)37-28(20-22-45-27-17-13-12-14-18-27)33(41)36-25-32(40)38-29(34(42)43)23-35(24-30(35)38)26-44-21-16-6-4-2/h3-4,12-14,17-18,28-30H,1-2,5-11,15-16,19-26H2,(H,36,41)(H,37,39)(H,42,43)/t28?,29-,30-,35+/m0/s1. The highest BCUT2D eigenvalue weighted by molar-refractivity contribution is 5.92. The van der Waals surface area contributed by atoms with Crippen molar-refractivity contribution in [3.05, 3.63) is 55.6 Å². The number of fused-ring (bicyclic) bond motifs is 1. The van der Waals surface area contributed by atoms with Crippen LogP contribution in [0.15, 0.2) is 55.6 Å². The van der Waals surface area contributed by atoms with Crippen LogP contribution in [0.4, 0.5) is 0 Å². The van der Waals surface area contributed by atoms with Crippen molar-refractivity contribution < 1.29 is 33.8 Å². The van der Waals surface area contributed by atoms with Gasteiger partial charge in [-0.2, -0.15) is 0 Å². The van der Waals surface area contributed by atoms with Crippen LogP contribution >= 0.6 is 0 Å². The van der Waals surface area contributed by atoms with Crippen LogP contribution in [0.25, 0.3) is 0 Å². The summed E-state index contributed by atoms with van der Waals surface area (Å²) in [6.45, 7) is 8.23. The molecule has 0 spiro atoms. The second kappa shape index (κ2) is 19.0. The zero-order chi connectivity index (χ0) is 32.5. The third-order valence-electron chi connectivity index (χ3n) is 8.62. The van der Waals surface area contributed by atoms with Gasteiger partial charge in [0.15, 0.2) is 0 Å². The minimum atomic E-state index is -1.06. The number of piperidine rings is 1. The van der Waals surface area contributed by atoms with E-state index in [-0.39, 0.29) is 36.9 Å². The number of unbranched alkanes of at least 4 members (excludes halogenated alkanes) is 7. The Kier molecular flexibility index (Phi) is 15.1. The van der Waals surface area contributed by atoms with E-state index in [2.05, 4.69) is 23.8 Å². The van der Waals surface area contributed by atoms with Gasteiger partial charge in [0.2, 0.25) is 17.7 Å². The minimum Gasteiger partial charge on any atom is -0.494 e. The molecule has 2 aliphatic rings. The molecule has 45 heavy (non-hydrogen) atoms. The number of carboxylic acid groups (broad SMARTS) is 1. The van der Waals surface area contributed by atoms with E-state index in [0.717, 1.165) is 57.8 Å². The number of ether oxygens (including phenoxy) is 2. The maximum atomic E-state index is 13.3. The molecule has 3 rings (SSSR count). The maximum absolute atomic E-state index is 13.3. The van der Waals surface area contributed by atoms with Crippen LogP contribution in [0.5, 0.6) is 5.75 Å². The lowest BCUT2D eigenvalue weighted by Crippen LogP contribution is -2.52. The summed E-state index contributed by atoms with van der Waals surface area (Å²) in [6.07, 6.45) is 14.1. The minimum absolute atomic E-state index is 0.186. The highest BCUT2D eigenvalue weighted by Crippen LogP contribution is 2.59. The molecule has 248 valence electrons. The number of nitrogens with zero attached hydrogens (tertiary/aromatic N) is 1. The van der Waals surface area contributed by atoms with Crippen molar-refractivity contribution in [1.82, 2.24) is 15.5 Å². The Morgan fingerprint density at radius 1 is 0.956 bits per heavy atom. The second-order valence-electron chi connectivity index (χ2n) is 12.2. The van der Waals surface area contributed by atoms with Gasteiger partial charge in [0, 0.05) is 30.9 Å². The first kappa shape index (κ1) is 35.8. The normalized spacial score (nSPS) is 20.5. The smallest absolute Gasteiger partial charge is 0.326 e. The molecule has 1 heterocycles. The number of rotatable bonds is 24. The molecule has 1 aliphatic heterocycles. The number of amides is 3. The van der Waals surface area contributed by atoms with Crippen molar-refractivity contribution in [3.8, 4) is 5.75 Å². The van der Waals surface area contributed by atoms with Crippen LogP contribution in [-0.2, 0) is 23.9 Å². The van der Waals surface area contributed by atoms with E-state index in [1.165, 1.54) is 4.90 Å². The summed E-state index contributed by atoms with van der Waals surface area (Å²) >= 11 is 0. The van der Waals surface area contributed by atoms with Gasteiger partial charge in [0.1, 0.15) is 17.8 Å². The van der Waals surface area contributed by atoms with E-state index >= 15 is 0 Å². The van der Waals surface area contributed by atoms with Gasteiger partial charge in [-0.1, -0.05) is 56.0 Å². The fourth-order valence-electron chi connectivity index (χ4n) is 6.02. The van der Waals surface area contributed by atoms with Gasteiger partial charge in [0.05, 0.1) is 19.8 Å². The summed E-state index contributed by atoms with van der Waals surface area (Å²) in [5.74, 6) is -1.60. The van der Waals surface area contributed by atoms with E-state index < -0.39 is 29.9 Å². The van der Waals surface area contributed by atoms with Crippen molar-refractivity contribution in [1.29, 1.82) is 0 Å². The topological polar surface area (TPSA) is 134 Å². The highest BCUT2D eigenvalue weighted by atomic mass is 16.5. The van der Waals surface area contributed by atoms with Crippen LogP contribution in [-0.4, -0.2) is 78.2 Å². The molecule has 1 unspecified atom stereocenters. The third-order valence-corrected chi connectivity index (χ3v) is 8.62. The first-order valence-corrected chi connectivity index (χ1v) is 16.4. The molecule has 10 heteroatoms. The number of nitrogens with one attached hydrogen (secondary N) is 2. The summed E-state index contributed by atoms with van der Waals surface area (Å²) in [6, 6.07) is 7.11. The SMILES string of the molecule is C=CCCCCCCCCC(=O)NC(CCOc1ccccc1)C(=O)NCC(=O)N1[C@H]2C[C@@]2(COCCCC=C)C[C@H]1C(=O)O. The van der Waals surface area contributed by atoms with Gasteiger partial charge < -0.3 is 30.1 Å². The molecule has 4 atom stereocenters. The lowest BCUT2D eigenvalue weighted by molar-refractivity contribution is -0.149. The molecule has 3 amide bonds. The summed E-state index contributed by atoms with van der Waals surface area (Å²) in [4.78, 5) is 52.7. The van der Waals surface area contributed by atoms with Gasteiger partial charge >= 0.3 is 5.97 Å². The van der Waals surface area contributed by atoms with Gasteiger partial charge in [0.25, 0.3) is 0 Å². The number of hydrogen-bond donors (Lipinski definition) is 3. The molecule has 1 saturated heterocycles. The number of para-hydroxylation sites is 1. The van der Waals surface area contributed by atoms with Crippen LogP contribution in [0.3, 0.4) is 0 Å². The highest BCUT2D eigenvalue weighted by Gasteiger charge is 2.67. The number of carbonyl (C=O) groups excluding carboxylic acids is 3. The molecular weight excluding hydrogens is 574 g/mol. The van der Waals surface area contributed by atoms with Gasteiger partial charge in [-0.15, -0.1) is 13.2 Å². The molecule has 1 saturated carbocycles. The Hall–Kier alpha value is -3.66. The number of carboxylic acids is 1. The first-order valence-electron chi connectivity index (χ1n) is 16.4. The zero-order valence-electron chi connectivity index (χ0n) is 26.6. The summed E-state index contributed by atoms with van der Waals surface area (Å²) in [5, 5.41) is 15.3. The van der Waals surface area contributed by atoms with E-state index in [9.17, 15) is 24.3 Å². The van der Waals surface area contributed by atoms with Crippen molar-refractivity contribution >= 4 is 23.7 Å². The van der Waals surface area contributed by atoms with E-state index in [0.29, 0.717) is 38.2 Å². The van der Waals surface area contributed by atoms with Crippen molar-refractivity contribution in [2.75, 3.05) is 26.4 Å². The van der Waals surface area contributed by atoms with Gasteiger partial charge in [-0.05, 0) is 57.1 Å². The summed E-state index contributed by atoms with van der Waals surface area (Å²) in [5.41, 5.74) is -0.353. The number of hydrogen-bond acceptors (Lipinski definition) is 6. The van der Waals surface area contributed by atoms with Gasteiger partial charge in [-0.25, -0.2) is 4.79 Å². The number of allylic oxidation sites excluding steroid dienone is 2. The molecule has 1 aliphatic carbocycles. The Morgan fingerprint density at radius 2 is 1.64 bits per heavy atom. The van der Waals surface area contributed by atoms with Crippen LogP contribution in [0, 0.1) is 5.41 Å². The molecule has 0 radical (unpaired) electrons. The lowest BCUT2D eigenvalue weighted by Gasteiger charge is -2.25. The maximum Gasteiger partial charge on any atom is 0.326 e. The molecule has 1 aromatic carbocycles. The second-order valence-corrected chi connectivity index (χ2v) is 12.2. The Morgan fingerprint density at radius 3 is 2.36 bits per heavy atom. The average Bonchev–Trinajstić information content (AvgIpc) is 3.63. The quantitative estimate of drug-likeness (QED) is 0.111. The predicted molar refractivity (Wildman–Crippen MR) is 173 cm³/mol. The first-order chi connectivity index (χ1) is 21.8. The van der Waals surface area contributed by atoms with Crippen molar-refractivity contribution in [2.24, 2.45) is 5.41 Å². The molecule has 0 aromatic heterocycles. The number of likely N-dealkylation sites (tertiary alicyclic amines) is 1. The van der Waals surface area contributed by atoms with Gasteiger partial charge in [-0.3, -0.25) is 14.4 Å². The van der Waals surface area contributed by atoms with E-state index in [4.69, 9.17) is 9.47 Å². The fourth-order valence-corrected chi connectivity index (χ4v) is 6.02. The molecule has 0 bridgehead atoms. The number of carbonyl (C=O) groups is 4. The molecule has 2 fully saturated rings. The number of aliphatic carboxylic acids is 1. The molecule has 1 aromatic rings. The van der Waals surface area contributed by atoms with Crippen LogP contribution in [0.1, 0.15) is 83.5 Å². The Bertz CT molecular complexity index is 1130. The molecule has 10 nitrogen and oxygen atoms in total. The zero-order valence-corrected chi connectivity index (χ0v) is 26.6. The fraction of sp³-hybridized carbons (Fsp3) is 0.600. The molecular formula is C35H51N3O7. The average molecular weight is 626 g/mol. The van der Waals surface area contributed by atoms with E-state index in [1.807, 2.05) is 42.5 Å². The Labute approximate surface area is 267 Å². The molecule has 3 N–H and O–H groups in total. The van der Waals surface area contributed by atoms with Crippen LogP contribution in [0.2, 0.25) is 0 Å². The lowest BCUT2D eigenvalue weighted by atomic mass is 10.0. The van der Waals surface area contributed by atoms with Crippen molar-refractivity contribution in [3.63, 3.8) is 0 Å². The Balaban J connectivity index is 1.50. The largest absolute Gasteiger partial charge is 0.494 e. The van der Waals surface area contributed by atoms with E-state index in [1.54, 1.807) is 0 Å². The van der Waals surface area contributed by atoms with Crippen LogP contribution < -0.4 is 15.4 Å². The predicted octanol–water partition coefficient (Wildman–Crippen LogP) is 4.79. The van der Waals surface area contributed by atoms with Crippen molar-refractivity contribution in [2.45, 2.75) is 102 Å². The number of benzene rings is 1. The monoisotopic (exact) mass is 625 g/mol.